The van der Waals surface area contributed by atoms with E-state index < -0.39 is 5.60 Å². The maximum absolute atomic E-state index is 12.2. The second-order valence-corrected chi connectivity index (χ2v) is 7.11. The molecule has 0 aromatic carbocycles. The number of hydrogen-bond donors (Lipinski definition) is 0. The minimum Gasteiger partial charge on any atom is -0.444 e. The zero-order valence-electron chi connectivity index (χ0n) is 13.6. The van der Waals surface area contributed by atoms with Gasteiger partial charge in [0.1, 0.15) is 5.60 Å². The predicted octanol–water partition coefficient (Wildman–Crippen LogP) is 1.63. The number of rotatable bonds is 1. The van der Waals surface area contributed by atoms with E-state index in [2.05, 4.69) is 23.8 Å². The Bertz CT molecular complexity index is 346. The molecular formula is C15H29N3O2. The van der Waals surface area contributed by atoms with E-state index in [1.165, 1.54) is 0 Å². The summed E-state index contributed by atoms with van der Waals surface area (Å²) in [6, 6.07) is 0.726. The van der Waals surface area contributed by atoms with E-state index in [9.17, 15) is 4.79 Å². The maximum Gasteiger partial charge on any atom is 0.410 e. The van der Waals surface area contributed by atoms with E-state index in [1.54, 1.807) is 0 Å². The zero-order chi connectivity index (χ0) is 14.9. The number of carbonyl (C=O) groups excluding carboxylic acids is 1. The third kappa shape index (κ3) is 3.64. The molecule has 1 amide bonds. The number of nitrogens with zero attached hydrogens (tertiary/aromatic N) is 3. The van der Waals surface area contributed by atoms with E-state index in [-0.39, 0.29) is 12.1 Å². The van der Waals surface area contributed by atoms with Gasteiger partial charge in [0.15, 0.2) is 0 Å². The van der Waals surface area contributed by atoms with E-state index in [0.29, 0.717) is 6.04 Å². The van der Waals surface area contributed by atoms with Gasteiger partial charge in [-0.3, -0.25) is 4.90 Å². The van der Waals surface area contributed by atoms with Crippen LogP contribution in [0.3, 0.4) is 0 Å². The molecule has 2 aliphatic rings. The summed E-state index contributed by atoms with van der Waals surface area (Å²) in [5.41, 5.74) is -0.414. The molecule has 0 bridgehead atoms. The van der Waals surface area contributed by atoms with Gasteiger partial charge in [-0.25, -0.2) is 4.79 Å². The van der Waals surface area contributed by atoms with Crippen LogP contribution in [0.25, 0.3) is 0 Å². The van der Waals surface area contributed by atoms with Crippen molar-refractivity contribution in [3.05, 3.63) is 0 Å². The van der Waals surface area contributed by atoms with Crippen LogP contribution in [0.5, 0.6) is 0 Å². The number of carbonyl (C=O) groups is 1. The summed E-state index contributed by atoms with van der Waals surface area (Å²) in [4.78, 5) is 19.0. The first-order valence-electron chi connectivity index (χ1n) is 7.70. The van der Waals surface area contributed by atoms with Gasteiger partial charge in [-0.1, -0.05) is 0 Å². The molecule has 0 spiro atoms. The van der Waals surface area contributed by atoms with Crippen molar-refractivity contribution in [2.24, 2.45) is 0 Å². The first kappa shape index (κ1) is 15.6. The summed E-state index contributed by atoms with van der Waals surface area (Å²) in [6.07, 6.45) is 0.894. The number of ether oxygens (including phenoxy) is 1. The van der Waals surface area contributed by atoms with Crippen molar-refractivity contribution in [1.82, 2.24) is 14.7 Å². The standard InChI is InChI=1S/C15H29N3O2/c1-12-13(17-10-8-16(5)9-11-17)6-7-18(12)14(19)20-15(2,3)4/h12-13H,6-11H2,1-5H3/t12-,13+/m1/s1. The van der Waals surface area contributed by atoms with E-state index in [1.807, 2.05) is 25.7 Å². The molecule has 2 atom stereocenters. The highest BCUT2D eigenvalue weighted by Crippen LogP contribution is 2.25. The fraction of sp³-hybridized carbons (Fsp3) is 0.933. The molecule has 5 nitrogen and oxygen atoms in total. The van der Waals surface area contributed by atoms with Gasteiger partial charge in [-0.15, -0.1) is 0 Å². The highest BCUT2D eigenvalue weighted by molar-refractivity contribution is 5.69. The van der Waals surface area contributed by atoms with Crippen molar-refractivity contribution in [3.8, 4) is 0 Å². The largest absolute Gasteiger partial charge is 0.444 e. The van der Waals surface area contributed by atoms with Gasteiger partial charge in [0.25, 0.3) is 0 Å². The Labute approximate surface area is 122 Å². The lowest BCUT2D eigenvalue weighted by atomic mass is 10.1. The quantitative estimate of drug-likeness (QED) is 0.733. The molecule has 20 heavy (non-hydrogen) atoms. The van der Waals surface area contributed by atoms with Crippen LogP contribution in [0.4, 0.5) is 4.79 Å². The molecule has 116 valence electrons. The van der Waals surface area contributed by atoms with Crippen molar-refractivity contribution in [2.45, 2.75) is 51.8 Å². The lowest BCUT2D eigenvalue weighted by Gasteiger charge is -2.38. The maximum atomic E-state index is 12.2. The molecule has 2 heterocycles. The summed E-state index contributed by atoms with van der Waals surface area (Å²) >= 11 is 0. The number of hydrogen-bond acceptors (Lipinski definition) is 4. The molecule has 2 aliphatic heterocycles. The number of piperazine rings is 1. The molecule has 0 aliphatic carbocycles. The Hall–Kier alpha value is -0.810. The average Bonchev–Trinajstić information content (AvgIpc) is 2.70. The highest BCUT2D eigenvalue weighted by atomic mass is 16.6. The van der Waals surface area contributed by atoms with Gasteiger partial charge >= 0.3 is 6.09 Å². The fourth-order valence-corrected chi connectivity index (χ4v) is 3.14. The molecule has 0 aromatic heterocycles. The lowest BCUT2D eigenvalue weighted by molar-refractivity contribution is 0.0184. The van der Waals surface area contributed by atoms with Gasteiger partial charge in [-0.2, -0.15) is 0 Å². The molecule has 5 heteroatoms. The molecule has 0 N–H and O–H groups in total. The Kier molecular flexibility index (Phi) is 4.59. The Morgan fingerprint density at radius 2 is 1.70 bits per heavy atom. The number of likely N-dealkylation sites (N-methyl/N-ethyl adjacent to an activating group) is 1. The molecule has 2 fully saturated rings. The number of amides is 1. The fourth-order valence-electron chi connectivity index (χ4n) is 3.14. The molecule has 2 saturated heterocycles. The average molecular weight is 283 g/mol. The summed E-state index contributed by atoms with van der Waals surface area (Å²) in [7, 11) is 2.17. The van der Waals surface area contributed by atoms with E-state index in [4.69, 9.17) is 4.74 Å². The smallest absolute Gasteiger partial charge is 0.410 e. The van der Waals surface area contributed by atoms with Crippen molar-refractivity contribution in [2.75, 3.05) is 39.8 Å². The molecule has 2 rings (SSSR count). The van der Waals surface area contributed by atoms with Crippen LogP contribution in [-0.2, 0) is 4.74 Å². The van der Waals surface area contributed by atoms with Gasteiger partial charge in [0.2, 0.25) is 0 Å². The first-order chi connectivity index (χ1) is 9.28. The minimum atomic E-state index is -0.414. The Morgan fingerprint density at radius 1 is 1.10 bits per heavy atom. The van der Waals surface area contributed by atoms with Gasteiger partial charge < -0.3 is 14.5 Å². The van der Waals surface area contributed by atoms with Crippen LogP contribution < -0.4 is 0 Å². The van der Waals surface area contributed by atoms with Crippen molar-refractivity contribution in [1.29, 1.82) is 0 Å². The second-order valence-electron chi connectivity index (χ2n) is 7.11. The van der Waals surface area contributed by atoms with Crippen molar-refractivity contribution >= 4 is 6.09 Å². The van der Waals surface area contributed by atoms with Gasteiger partial charge in [-0.05, 0) is 41.2 Å². The normalized spacial score (nSPS) is 29.8. The minimum absolute atomic E-state index is 0.165. The monoisotopic (exact) mass is 283 g/mol. The van der Waals surface area contributed by atoms with Crippen LogP contribution in [-0.4, -0.2) is 78.2 Å². The Morgan fingerprint density at radius 3 is 2.25 bits per heavy atom. The van der Waals surface area contributed by atoms with Crippen molar-refractivity contribution < 1.29 is 9.53 Å². The van der Waals surface area contributed by atoms with Gasteiger partial charge in [0, 0.05) is 44.8 Å². The van der Waals surface area contributed by atoms with Crippen LogP contribution in [0.15, 0.2) is 0 Å². The van der Waals surface area contributed by atoms with E-state index >= 15 is 0 Å². The highest BCUT2D eigenvalue weighted by Gasteiger charge is 2.39. The summed E-state index contributed by atoms with van der Waals surface area (Å²) in [6.45, 7) is 13.2. The van der Waals surface area contributed by atoms with Crippen LogP contribution in [0.2, 0.25) is 0 Å². The number of likely N-dealkylation sites (tertiary alicyclic amines) is 1. The summed E-state index contributed by atoms with van der Waals surface area (Å²) in [5, 5.41) is 0. The van der Waals surface area contributed by atoms with Crippen LogP contribution >= 0.6 is 0 Å². The second kappa shape index (κ2) is 5.90. The molecular weight excluding hydrogens is 254 g/mol. The van der Waals surface area contributed by atoms with Crippen molar-refractivity contribution in [3.63, 3.8) is 0 Å². The van der Waals surface area contributed by atoms with Gasteiger partial charge in [0.05, 0.1) is 0 Å². The topological polar surface area (TPSA) is 36.0 Å². The molecule has 0 unspecified atom stereocenters. The first-order valence-corrected chi connectivity index (χ1v) is 7.70. The molecule has 0 saturated carbocycles. The zero-order valence-corrected chi connectivity index (χ0v) is 13.6. The predicted molar refractivity (Wildman–Crippen MR) is 79.9 cm³/mol. The summed E-state index contributed by atoms with van der Waals surface area (Å²) in [5.74, 6) is 0. The summed E-state index contributed by atoms with van der Waals surface area (Å²) < 4.78 is 5.51. The molecule has 0 aromatic rings. The SMILES string of the molecule is C[C@@H]1[C@@H](N2CCN(C)CC2)CCN1C(=O)OC(C)(C)C. The van der Waals surface area contributed by atoms with E-state index in [0.717, 1.165) is 39.1 Å². The van der Waals surface area contributed by atoms with Crippen LogP contribution in [0.1, 0.15) is 34.1 Å². The third-order valence-corrected chi connectivity index (χ3v) is 4.35. The molecule has 0 radical (unpaired) electrons. The van der Waals surface area contributed by atoms with Crippen LogP contribution in [0, 0.1) is 0 Å². The third-order valence-electron chi connectivity index (χ3n) is 4.35. The lowest BCUT2D eigenvalue weighted by Crippen LogP contribution is -2.53. The Balaban J connectivity index is 1.92.